The summed E-state index contributed by atoms with van der Waals surface area (Å²) in [6.45, 7) is 4.96. The number of carbonyl (C=O) groups is 2. The number of rotatable bonds is 82. The smallest absolute Gasteiger partial charge is 0.305 e. The summed E-state index contributed by atoms with van der Waals surface area (Å²) in [6, 6.07) is -0.624. The number of amides is 1. The van der Waals surface area contributed by atoms with Crippen molar-refractivity contribution in [2.75, 3.05) is 13.2 Å². The predicted octanol–water partition coefficient (Wildman–Crippen LogP) is 28.8. The molecule has 0 saturated carbocycles. The molecule has 0 aliphatic rings. The third-order valence-electron chi connectivity index (χ3n) is 20.5. The van der Waals surface area contributed by atoms with Gasteiger partial charge in [-0.1, -0.05) is 449 Å². The predicted molar refractivity (Wildman–Crippen MR) is 412 cm³/mol. The Bertz CT molecular complexity index is 1460. The van der Waals surface area contributed by atoms with Gasteiger partial charge in [0.2, 0.25) is 5.91 Å². The van der Waals surface area contributed by atoms with Crippen molar-refractivity contribution in [1.29, 1.82) is 0 Å². The molecule has 0 saturated heterocycles. The number of hydrogen-bond acceptors (Lipinski definition) is 5. The topological polar surface area (TPSA) is 95.9 Å². The number of esters is 1. The van der Waals surface area contributed by atoms with Gasteiger partial charge in [-0.3, -0.25) is 9.59 Å². The highest BCUT2D eigenvalue weighted by Crippen LogP contribution is 2.21. The summed E-state index contributed by atoms with van der Waals surface area (Å²) < 4.78 is 5.51. The first-order valence-corrected chi connectivity index (χ1v) is 43.1. The van der Waals surface area contributed by atoms with E-state index in [2.05, 4.69) is 31.3 Å². The van der Waals surface area contributed by atoms with Crippen molar-refractivity contribution >= 4 is 11.9 Å². The first-order chi connectivity index (χ1) is 46.0. The fraction of sp³-hybridized carbons (Fsp3) is 0.931. The van der Waals surface area contributed by atoms with Gasteiger partial charge < -0.3 is 20.3 Å². The van der Waals surface area contributed by atoms with Crippen molar-refractivity contribution in [3.05, 3.63) is 24.3 Å². The first-order valence-electron chi connectivity index (χ1n) is 43.1. The number of carbonyl (C=O) groups excluding carboxylic acids is 2. The third-order valence-corrected chi connectivity index (χ3v) is 20.5. The Kier molecular flexibility index (Phi) is 81.3. The molecule has 6 heteroatoms. The second kappa shape index (κ2) is 82.8. The van der Waals surface area contributed by atoms with E-state index in [1.54, 1.807) is 6.08 Å². The summed E-state index contributed by atoms with van der Waals surface area (Å²) in [6.07, 6.45) is 108. The van der Waals surface area contributed by atoms with Crippen LogP contribution in [0.25, 0.3) is 0 Å². The van der Waals surface area contributed by atoms with Gasteiger partial charge in [-0.15, -0.1) is 0 Å². The Morgan fingerprint density at radius 2 is 0.505 bits per heavy atom. The van der Waals surface area contributed by atoms with Crippen molar-refractivity contribution in [2.24, 2.45) is 0 Å². The van der Waals surface area contributed by atoms with E-state index in [4.69, 9.17) is 4.74 Å². The van der Waals surface area contributed by atoms with Gasteiger partial charge in [-0.05, 0) is 57.8 Å². The maximum atomic E-state index is 12.6. The molecular weight excluding hydrogens is 1140 g/mol. The zero-order chi connectivity index (χ0) is 67.0. The van der Waals surface area contributed by atoms with Gasteiger partial charge in [0.25, 0.3) is 0 Å². The van der Waals surface area contributed by atoms with Crippen molar-refractivity contribution in [1.82, 2.24) is 5.32 Å². The quantitative estimate of drug-likeness (QED) is 0.0320. The third kappa shape index (κ3) is 79.2. The average Bonchev–Trinajstić information content (AvgIpc) is 3.78. The fourth-order valence-electron chi connectivity index (χ4n) is 13.9. The van der Waals surface area contributed by atoms with Crippen LogP contribution in [0, 0.1) is 0 Å². The van der Waals surface area contributed by atoms with Crippen LogP contribution in [0.15, 0.2) is 24.3 Å². The van der Waals surface area contributed by atoms with E-state index in [1.165, 1.54) is 424 Å². The zero-order valence-corrected chi connectivity index (χ0v) is 63.5. The summed E-state index contributed by atoms with van der Waals surface area (Å²) in [5, 5.41) is 23.3. The number of ether oxygens (including phenoxy) is 1. The van der Waals surface area contributed by atoms with Crippen LogP contribution in [-0.2, 0) is 14.3 Å². The van der Waals surface area contributed by atoms with Crippen molar-refractivity contribution < 1.29 is 24.5 Å². The lowest BCUT2D eigenvalue weighted by atomic mass is 10.0. The second-order valence-corrected chi connectivity index (χ2v) is 29.9. The van der Waals surface area contributed by atoms with Crippen LogP contribution in [0.4, 0.5) is 0 Å². The molecule has 0 spiro atoms. The molecule has 0 aromatic heterocycles. The Morgan fingerprint density at radius 1 is 0.290 bits per heavy atom. The monoisotopic (exact) mass is 1310 g/mol. The fourth-order valence-corrected chi connectivity index (χ4v) is 13.9. The Balaban J connectivity index is 3.31. The van der Waals surface area contributed by atoms with Gasteiger partial charge in [0.1, 0.15) is 0 Å². The molecular formula is C87H169NO5. The minimum absolute atomic E-state index is 0.0176. The van der Waals surface area contributed by atoms with E-state index in [0.29, 0.717) is 19.4 Å². The van der Waals surface area contributed by atoms with E-state index in [1.807, 2.05) is 6.08 Å². The largest absolute Gasteiger partial charge is 0.466 e. The van der Waals surface area contributed by atoms with E-state index in [9.17, 15) is 19.8 Å². The molecule has 0 fully saturated rings. The van der Waals surface area contributed by atoms with Crippen LogP contribution in [0.5, 0.6) is 0 Å². The normalized spacial score (nSPS) is 12.5. The maximum absolute atomic E-state index is 12.6. The SMILES string of the molecule is CCCCCCCCC/C=C\CCCCCCCC(=O)OCCCCCCCCCCCCCCCCCCCCCCCCCCCCCCCCCCCCCCCCCC(=O)NC(CO)C(O)/C=C/CCCCCCCCCCCCCCCCCCCCC. The van der Waals surface area contributed by atoms with Gasteiger partial charge in [0.05, 0.1) is 25.4 Å². The minimum atomic E-state index is -0.841. The van der Waals surface area contributed by atoms with Crippen LogP contribution in [0.2, 0.25) is 0 Å². The summed E-state index contributed by atoms with van der Waals surface area (Å²) in [7, 11) is 0. The van der Waals surface area contributed by atoms with Gasteiger partial charge in [0.15, 0.2) is 0 Å². The molecule has 0 heterocycles. The lowest BCUT2D eigenvalue weighted by molar-refractivity contribution is -0.143. The standard InChI is InChI=1S/C87H169NO5/c1-3-5-7-9-11-13-15-17-19-21-22-42-45-48-51-55-59-63-67-71-75-79-85(90)84(83-89)88-86(91)80-76-72-68-64-60-56-52-49-46-43-40-38-36-34-32-30-28-26-24-23-25-27-29-31-33-35-37-39-41-44-47-50-54-58-62-66-70-74-78-82-93-87(92)81-77-73-69-65-61-57-53-20-18-16-14-12-10-8-6-4-2/h20,53,75,79,84-85,89-90H,3-19,21-52,54-74,76-78,80-83H2,1-2H3,(H,88,91)/b53-20-,79-75+. The lowest BCUT2D eigenvalue weighted by Crippen LogP contribution is -2.45. The zero-order valence-electron chi connectivity index (χ0n) is 63.5. The molecule has 2 atom stereocenters. The van der Waals surface area contributed by atoms with E-state index in [0.717, 1.165) is 44.9 Å². The van der Waals surface area contributed by atoms with Crippen LogP contribution >= 0.6 is 0 Å². The average molecular weight is 1310 g/mol. The Morgan fingerprint density at radius 3 is 0.763 bits per heavy atom. The number of aliphatic hydroxyl groups excluding tert-OH is 2. The minimum Gasteiger partial charge on any atom is -0.466 e. The molecule has 0 aliphatic heterocycles. The second-order valence-electron chi connectivity index (χ2n) is 29.9. The molecule has 1 amide bonds. The first kappa shape index (κ1) is 91.3. The summed E-state index contributed by atoms with van der Waals surface area (Å²) >= 11 is 0. The number of unbranched alkanes of at least 4 members (excludes halogenated alkanes) is 69. The van der Waals surface area contributed by atoms with Crippen LogP contribution in [0.1, 0.15) is 495 Å². The van der Waals surface area contributed by atoms with Crippen molar-refractivity contribution in [2.45, 2.75) is 508 Å². The highest BCUT2D eigenvalue weighted by molar-refractivity contribution is 5.76. The number of hydrogen-bond donors (Lipinski definition) is 3. The molecule has 0 aromatic rings. The summed E-state index contributed by atoms with van der Waals surface area (Å²) in [5.74, 6) is -0.0390. The van der Waals surface area contributed by atoms with Gasteiger partial charge >= 0.3 is 5.97 Å². The summed E-state index contributed by atoms with van der Waals surface area (Å²) in [5.41, 5.74) is 0. The molecule has 93 heavy (non-hydrogen) atoms. The van der Waals surface area contributed by atoms with Crippen LogP contribution in [-0.4, -0.2) is 47.4 Å². The molecule has 552 valence electrons. The highest BCUT2D eigenvalue weighted by Gasteiger charge is 2.18. The molecule has 2 unspecified atom stereocenters. The van der Waals surface area contributed by atoms with Crippen molar-refractivity contribution in [3.8, 4) is 0 Å². The lowest BCUT2D eigenvalue weighted by Gasteiger charge is -2.20. The Hall–Kier alpha value is -1.66. The molecule has 0 radical (unpaired) electrons. The molecule has 0 rings (SSSR count). The maximum Gasteiger partial charge on any atom is 0.305 e. The highest BCUT2D eigenvalue weighted by atomic mass is 16.5. The van der Waals surface area contributed by atoms with E-state index >= 15 is 0 Å². The van der Waals surface area contributed by atoms with Gasteiger partial charge in [-0.25, -0.2) is 0 Å². The van der Waals surface area contributed by atoms with Gasteiger partial charge in [0, 0.05) is 12.8 Å². The molecule has 0 aromatic carbocycles. The Labute approximate surface area is 583 Å². The molecule has 6 nitrogen and oxygen atoms in total. The number of aliphatic hydroxyl groups is 2. The van der Waals surface area contributed by atoms with Crippen molar-refractivity contribution in [3.63, 3.8) is 0 Å². The van der Waals surface area contributed by atoms with Gasteiger partial charge in [-0.2, -0.15) is 0 Å². The molecule has 0 aliphatic carbocycles. The van der Waals surface area contributed by atoms with E-state index in [-0.39, 0.29) is 18.5 Å². The van der Waals surface area contributed by atoms with Crippen LogP contribution in [0.3, 0.4) is 0 Å². The summed E-state index contributed by atoms with van der Waals surface area (Å²) in [4.78, 5) is 24.7. The number of allylic oxidation sites excluding steroid dienone is 3. The van der Waals surface area contributed by atoms with Crippen LogP contribution < -0.4 is 5.32 Å². The van der Waals surface area contributed by atoms with E-state index < -0.39 is 12.1 Å². The number of nitrogens with one attached hydrogen (secondary N) is 1. The molecule has 3 N–H and O–H groups in total. The molecule has 0 bridgehead atoms.